The molecule has 1 amide bonds. The molecule has 1 aromatic heterocycles. The Labute approximate surface area is 130 Å². The van der Waals surface area contributed by atoms with Crippen LogP contribution in [0.2, 0.25) is 0 Å². The van der Waals surface area contributed by atoms with Gasteiger partial charge in [0.25, 0.3) is 0 Å². The first-order valence-corrected chi connectivity index (χ1v) is 7.87. The topological polar surface area (TPSA) is 59.0 Å². The van der Waals surface area contributed by atoms with E-state index in [0.29, 0.717) is 18.9 Å². The fourth-order valence-corrected chi connectivity index (χ4v) is 2.77. The standard InChI is InChI=1S/C17H22N4O/c22-17(7-4-15-8-10-18-12-15)19-13-14-2-5-16(6-3-14)21-11-1-9-20-21/h1-3,5-6,9,11,15,18H,4,7-8,10,12-13H2,(H,19,22). The maximum absolute atomic E-state index is 11.9. The van der Waals surface area contributed by atoms with E-state index in [1.54, 1.807) is 6.20 Å². The number of amides is 1. The lowest BCUT2D eigenvalue weighted by atomic mass is 10.0. The summed E-state index contributed by atoms with van der Waals surface area (Å²) in [4.78, 5) is 11.9. The maximum Gasteiger partial charge on any atom is 0.220 e. The molecule has 116 valence electrons. The quantitative estimate of drug-likeness (QED) is 0.856. The Kier molecular flexibility index (Phi) is 4.85. The van der Waals surface area contributed by atoms with E-state index in [4.69, 9.17) is 0 Å². The predicted molar refractivity (Wildman–Crippen MR) is 85.6 cm³/mol. The Morgan fingerprint density at radius 3 is 2.91 bits per heavy atom. The van der Waals surface area contributed by atoms with Gasteiger partial charge in [-0.3, -0.25) is 4.79 Å². The molecule has 1 fully saturated rings. The second-order valence-corrected chi connectivity index (χ2v) is 5.79. The summed E-state index contributed by atoms with van der Waals surface area (Å²) in [5.41, 5.74) is 2.13. The Bertz CT molecular complexity index is 586. The molecule has 5 heteroatoms. The summed E-state index contributed by atoms with van der Waals surface area (Å²) in [6, 6.07) is 9.97. The number of carbonyl (C=O) groups is 1. The molecule has 5 nitrogen and oxygen atoms in total. The van der Waals surface area contributed by atoms with E-state index >= 15 is 0 Å². The van der Waals surface area contributed by atoms with Gasteiger partial charge < -0.3 is 10.6 Å². The van der Waals surface area contributed by atoms with Crippen molar-refractivity contribution in [3.8, 4) is 5.69 Å². The number of carbonyl (C=O) groups excluding carboxylic acids is 1. The zero-order chi connectivity index (χ0) is 15.2. The Hall–Kier alpha value is -2.14. The number of nitrogens with zero attached hydrogens (tertiary/aromatic N) is 2. The third-order valence-corrected chi connectivity index (χ3v) is 4.14. The van der Waals surface area contributed by atoms with E-state index in [1.807, 2.05) is 41.2 Å². The van der Waals surface area contributed by atoms with Crippen LogP contribution >= 0.6 is 0 Å². The van der Waals surface area contributed by atoms with Crippen LogP contribution in [0.3, 0.4) is 0 Å². The monoisotopic (exact) mass is 298 g/mol. The Morgan fingerprint density at radius 1 is 1.36 bits per heavy atom. The molecule has 0 radical (unpaired) electrons. The summed E-state index contributed by atoms with van der Waals surface area (Å²) >= 11 is 0. The van der Waals surface area contributed by atoms with Gasteiger partial charge in [-0.1, -0.05) is 12.1 Å². The minimum Gasteiger partial charge on any atom is -0.352 e. The second kappa shape index (κ2) is 7.22. The molecule has 1 aliphatic rings. The highest BCUT2D eigenvalue weighted by Crippen LogP contribution is 2.14. The van der Waals surface area contributed by atoms with Crippen molar-refractivity contribution in [3.05, 3.63) is 48.3 Å². The minimum atomic E-state index is 0.142. The second-order valence-electron chi connectivity index (χ2n) is 5.79. The zero-order valence-electron chi connectivity index (χ0n) is 12.7. The van der Waals surface area contributed by atoms with Crippen molar-refractivity contribution >= 4 is 5.91 Å². The van der Waals surface area contributed by atoms with Gasteiger partial charge in [-0.2, -0.15) is 5.10 Å². The van der Waals surface area contributed by atoms with Gasteiger partial charge in [0, 0.05) is 25.4 Å². The summed E-state index contributed by atoms with van der Waals surface area (Å²) in [7, 11) is 0. The van der Waals surface area contributed by atoms with Crippen molar-refractivity contribution in [2.75, 3.05) is 13.1 Å². The molecule has 3 rings (SSSR count). The van der Waals surface area contributed by atoms with Crippen LogP contribution in [0.1, 0.15) is 24.8 Å². The first-order chi connectivity index (χ1) is 10.8. The summed E-state index contributed by atoms with van der Waals surface area (Å²) in [5, 5.41) is 10.5. The average Bonchev–Trinajstić information content (AvgIpc) is 3.24. The van der Waals surface area contributed by atoms with Gasteiger partial charge >= 0.3 is 0 Å². The predicted octanol–water partition coefficient (Wildman–Crippen LogP) is 1.88. The molecule has 1 atom stereocenters. The number of hydrogen-bond donors (Lipinski definition) is 2. The van der Waals surface area contributed by atoms with Gasteiger partial charge in [0.05, 0.1) is 5.69 Å². The highest BCUT2D eigenvalue weighted by atomic mass is 16.1. The molecule has 0 saturated carbocycles. The summed E-state index contributed by atoms with van der Waals surface area (Å²) < 4.78 is 1.82. The molecule has 0 bridgehead atoms. The number of nitrogens with one attached hydrogen (secondary N) is 2. The first-order valence-electron chi connectivity index (χ1n) is 7.87. The minimum absolute atomic E-state index is 0.142. The molecule has 2 heterocycles. The van der Waals surface area contributed by atoms with Gasteiger partial charge in [0.1, 0.15) is 0 Å². The maximum atomic E-state index is 11.9. The van der Waals surface area contributed by atoms with Crippen molar-refractivity contribution in [2.24, 2.45) is 5.92 Å². The lowest BCUT2D eigenvalue weighted by molar-refractivity contribution is -0.121. The molecule has 1 saturated heterocycles. The molecular formula is C17H22N4O. The fourth-order valence-electron chi connectivity index (χ4n) is 2.77. The summed E-state index contributed by atoms with van der Waals surface area (Å²) in [6.07, 6.45) is 6.47. The molecule has 2 aromatic rings. The van der Waals surface area contributed by atoms with E-state index in [-0.39, 0.29) is 5.91 Å². The molecule has 0 spiro atoms. The highest BCUT2D eigenvalue weighted by Gasteiger charge is 2.15. The first kappa shape index (κ1) is 14.8. The molecule has 0 aliphatic carbocycles. The third-order valence-electron chi connectivity index (χ3n) is 4.14. The van der Waals surface area contributed by atoms with Crippen molar-refractivity contribution in [1.29, 1.82) is 0 Å². The zero-order valence-corrected chi connectivity index (χ0v) is 12.7. The van der Waals surface area contributed by atoms with E-state index in [0.717, 1.165) is 30.8 Å². The summed E-state index contributed by atoms with van der Waals surface area (Å²) in [6.45, 7) is 2.73. The normalized spacial score (nSPS) is 17.5. The van der Waals surface area contributed by atoms with Crippen molar-refractivity contribution in [2.45, 2.75) is 25.8 Å². The van der Waals surface area contributed by atoms with Gasteiger partial charge in [-0.25, -0.2) is 4.68 Å². The lowest BCUT2D eigenvalue weighted by Gasteiger charge is -2.09. The third kappa shape index (κ3) is 3.95. The van der Waals surface area contributed by atoms with Crippen LogP contribution in [0.25, 0.3) is 5.69 Å². The van der Waals surface area contributed by atoms with Crippen LogP contribution in [-0.2, 0) is 11.3 Å². The lowest BCUT2D eigenvalue weighted by Crippen LogP contribution is -2.23. The molecular weight excluding hydrogens is 276 g/mol. The molecule has 1 unspecified atom stereocenters. The van der Waals surface area contributed by atoms with Crippen LogP contribution < -0.4 is 10.6 Å². The van der Waals surface area contributed by atoms with Crippen LogP contribution in [0.5, 0.6) is 0 Å². The molecule has 1 aliphatic heterocycles. The average molecular weight is 298 g/mol. The van der Waals surface area contributed by atoms with Crippen LogP contribution in [-0.4, -0.2) is 28.8 Å². The van der Waals surface area contributed by atoms with Gasteiger partial charge in [0.15, 0.2) is 0 Å². The highest BCUT2D eigenvalue weighted by molar-refractivity contribution is 5.75. The van der Waals surface area contributed by atoms with Crippen molar-refractivity contribution in [3.63, 3.8) is 0 Å². The van der Waals surface area contributed by atoms with Crippen molar-refractivity contribution in [1.82, 2.24) is 20.4 Å². The van der Waals surface area contributed by atoms with Gasteiger partial charge in [0.2, 0.25) is 5.91 Å². The number of aromatic nitrogens is 2. The largest absolute Gasteiger partial charge is 0.352 e. The Morgan fingerprint density at radius 2 is 2.23 bits per heavy atom. The van der Waals surface area contributed by atoms with Crippen LogP contribution in [0.4, 0.5) is 0 Å². The van der Waals surface area contributed by atoms with Gasteiger partial charge in [-0.15, -0.1) is 0 Å². The van der Waals surface area contributed by atoms with E-state index in [1.165, 1.54) is 6.42 Å². The van der Waals surface area contributed by atoms with Crippen LogP contribution in [0.15, 0.2) is 42.7 Å². The number of benzene rings is 1. The number of rotatable bonds is 6. The van der Waals surface area contributed by atoms with Gasteiger partial charge in [-0.05, 0) is 55.6 Å². The Balaban J connectivity index is 1.43. The van der Waals surface area contributed by atoms with E-state index < -0.39 is 0 Å². The number of hydrogen-bond acceptors (Lipinski definition) is 3. The SMILES string of the molecule is O=C(CCC1CCNC1)NCc1ccc(-n2cccn2)cc1. The van der Waals surface area contributed by atoms with E-state index in [9.17, 15) is 4.79 Å². The summed E-state index contributed by atoms with van der Waals surface area (Å²) in [5.74, 6) is 0.808. The molecule has 2 N–H and O–H groups in total. The van der Waals surface area contributed by atoms with Crippen molar-refractivity contribution < 1.29 is 4.79 Å². The fraction of sp³-hybridized carbons (Fsp3) is 0.412. The molecule has 22 heavy (non-hydrogen) atoms. The van der Waals surface area contributed by atoms with E-state index in [2.05, 4.69) is 15.7 Å². The molecule has 1 aromatic carbocycles. The van der Waals surface area contributed by atoms with Crippen LogP contribution in [0, 0.1) is 5.92 Å². The smallest absolute Gasteiger partial charge is 0.220 e.